The number of nitrogens with zero attached hydrogens (tertiary/aromatic N) is 2. The summed E-state index contributed by atoms with van der Waals surface area (Å²) in [5, 5.41) is 6.79. The van der Waals surface area contributed by atoms with Crippen molar-refractivity contribution in [2.24, 2.45) is 5.73 Å². The Morgan fingerprint density at radius 3 is 2.69 bits per heavy atom. The molecule has 0 aliphatic rings. The first-order valence-electron chi connectivity index (χ1n) is 8.11. The number of benzene rings is 1. The molecule has 2 aromatic rings. The maximum Gasteiger partial charge on any atom is 0.416 e. The van der Waals surface area contributed by atoms with Crippen LogP contribution in [0.2, 0.25) is 0 Å². The van der Waals surface area contributed by atoms with Gasteiger partial charge in [-0.2, -0.15) is 18.3 Å². The van der Waals surface area contributed by atoms with Crippen LogP contribution in [-0.2, 0) is 17.5 Å². The molecular formula is C17H23F3N4O2. The van der Waals surface area contributed by atoms with Crippen LogP contribution in [0.3, 0.4) is 0 Å². The normalized spacial score (nSPS) is 12.0. The molecule has 144 valence electrons. The molecule has 3 N–H and O–H groups in total. The van der Waals surface area contributed by atoms with Crippen molar-refractivity contribution in [3.8, 4) is 17.0 Å². The lowest BCUT2D eigenvalue weighted by molar-refractivity contribution is -0.137. The molecule has 1 aromatic heterocycles. The molecule has 0 aliphatic carbocycles. The van der Waals surface area contributed by atoms with Crippen LogP contribution < -0.4 is 10.5 Å². The second kappa shape index (κ2) is 9.02. The SMILES string of the molecule is COCCOc1ccc(C(F)(F)F)cc1-c1[nH]ncc1CN(C)CCN. The lowest BCUT2D eigenvalue weighted by Gasteiger charge is -2.17. The van der Waals surface area contributed by atoms with Crippen LogP contribution in [0.4, 0.5) is 13.2 Å². The van der Waals surface area contributed by atoms with E-state index in [4.69, 9.17) is 15.2 Å². The number of methoxy groups -OCH3 is 1. The number of hydrogen-bond acceptors (Lipinski definition) is 5. The second-order valence-electron chi connectivity index (χ2n) is 5.85. The average Bonchev–Trinajstić information content (AvgIpc) is 3.02. The maximum atomic E-state index is 13.2. The van der Waals surface area contributed by atoms with E-state index in [1.54, 1.807) is 6.20 Å². The summed E-state index contributed by atoms with van der Waals surface area (Å²) in [6.07, 6.45) is -2.85. The highest BCUT2D eigenvalue weighted by molar-refractivity contribution is 5.70. The smallest absolute Gasteiger partial charge is 0.416 e. The van der Waals surface area contributed by atoms with E-state index in [2.05, 4.69) is 10.2 Å². The fraction of sp³-hybridized carbons (Fsp3) is 0.471. The Balaban J connectivity index is 2.40. The molecule has 2 rings (SSSR count). The summed E-state index contributed by atoms with van der Waals surface area (Å²) in [5.74, 6) is 0.335. The number of ether oxygens (including phenoxy) is 2. The summed E-state index contributed by atoms with van der Waals surface area (Å²) in [6, 6.07) is 3.40. The van der Waals surface area contributed by atoms with Crippen LogP contribution in [0.25, 0.3) is 11.3 Å². The van der Waals surface area contributed by atoms with Gasteiger partial charge in [0, 0.05) is 37.9 Å². The third-order valence-electron chi connectivity index (χ3n) is 3.79. The molecule has 0 atom stereocenters. The minimum atomic E-state index is -4.45. The number of H-pyrrole nitrogens is 1. The van der Waals surface area contributed by atoms with E-state index < -0.39 is 11.7 Å². The Labute approximate surface area is 150 Å². The third-order valence-corrected chi connectivity index (χ3v) is 3.79. The van der Waals surface area contributed by atoms with E-state index >= 15 is 0 Å². The van der Waals surface area contributed by atoms with E-state index in [1.807, 2.05) is 11.9 Å². The predicted octanol–water partition coefficient (Wildman–Crippen LogP) is 2.51. The molecule has 0 saturated carbocycles. The summed E-state index contributed by atoms with van der Waals surface area (Å²) >= 11 is 0. The summed E-state index contributed by atoms with van der Waals surface area (Å²) < 4.78 is 50.0. The van der Waals surface area contributed by atoms with Crippen LogP contribution in [0, 0.1) is 0 Å². The number of halogens is 3. The molecule has 1 heterocycles. The number of aromatic nitrogens is 2. The highest BCUT2D eigenvalue weighted by atomic mass is 19.4. The molecule has 0 radical (unpaired) electrons. The lowest BCUT2D eigenvalue weighted by Crippen LogP contribution is -2.25. The fourth-order valence-electron chi connectivity index (χ4n) is 2.52. The van der Waals surface area contributed by atoms with Crippen molar-refractivity contribution >= 4 is 0 Å². The summed E-state index contributed by atoms with van der Waals surface area (Å²) in [6.45, 7) is 2.20. The van der Waals surface area contributed by atoms with E-state index in [0.717, 1.165) is 17.7 Å². The zero-order valence-corrected chi connectivity index (χ0v) is 14.8. The molecule has 0 saturated heterocycles. The lowest BCUT2D eigenvalue weighted by atomic mass is 10.0. The molecule has 0 aliphatic heterocycles. The largest absolute Gasteiger partial charge is 0.490 e. The summed E-state index contributed by atoms with van der Waals surface area (Å²) in [7, 11) is 3.41. The topological polar surface area (TPSA) is 76.4 Å². The molecule has 0 amide bonds. The Morgan fingerprint density at radius 1 is 1.27 bits per heavy atom. The van der Waals surface area contributed by atoms with Gasteiger partial charge in [-0.15, -0.1) is 0 Å². The van der Waals surface area contributed by atoms with E-state index in [0.29, 0.717) is 43.2 Å². The Morgan fingerprint density at radius 2 is 2.04 bits per heavy atom. The number of nitrogens with two attached hydrogens (primary N) is 1. The van der Waals surface area contributed by atoms with Gasteiger partial charge in [0.25, 0.3) is 0 Å². The minimum Gasteiger partial charge on any atom is -0.490 e. The van der Waals surface area contributed by atoms with Crippen molar-refractivity contribution in [2.45, 2.75) is 12.7 Å². The van der Waals surface area contributed by atoms with Gasteiger partial charge in [-0.3, -0.25) is 5.10 Å². The van der Waals surface area contributed by atoms with Crippen molar-refractivity contribution < 1.29 is 22.6 Å². The van der Waals surface area contributed by atoms with Crippen molar-refractivity contribution in [1.29, 1.82) is 0 Å². The van der Waals surface area contributed by atoms with Gasteiger partial charge in [0.15, 0.2) is 0 Å². The predicted molar refractivity (Wildman–Crippen MR) is 91.8 cm³/mol. The molecule has 0 fully saturated rings. The minimum absolute atomic E-state index is 0.228. The van der Waals surface area contributed by atoms with Crippen molar-refractivity contribution in [1.82, 2.24) is 15.1 Å². The van der Waals surface area contributed by atoms with Crippen molar-refractivity contribution in [3.63, 3.8) is 0 Å². The average molecular weight is 372 g/mol. The van der Waals surface area contributed by atoms with Crippen molar-refractivity contribution in [2.75, 3.05) is 40.5 Å². The molecule has 26 heavy (non-hydrogen) atoms. The molecule has 6 nitrogen and oxygen atoms in total. The summed E-state index contributed by atoms with van der Waals surface area (Å²) in [4.78, 5) is 1.97. The van der Waals surface area contributed by atoms with E-state index in [-0.39, 0.29) is 6.61 Å². The molecule has 9 heteroatoms. The molecular weight excluding hydrogens is 349 g/mol. The number of rotatable bonds is 9. The molecule has 0 unspecified atom stereocenters. The standard InChI is InChI=1S/C17H23F3N4O2/c1-24(6-5-21)11-12-10-22-23-16(12)14-9-13(17(18,19)20)3-4-15(14)26-8-7-25-2/h3-4,9-10H,5-8,11,21H2,1-2H3,(H,22,23). The molecule has 0 spiro atoms. The van der Waals surface area contributed by atoms with Crippen LogP contribution in [0.1, 0.15) is 11.1 Å². The van der Waals surface area contributed by atoms with Crippen LogP contribution in [0.5, 0.6) is 5.75 Å². The number of likely N-dealkylation sites (N-methyl/N-ethyl adjacent to an activating group) is 1. The summed E-state index contributed by atoms with van der Waals surface area (Å²) in [5.41, 5.74) is 6.36. The molecule has 1 aromatic carbocycles. The second-order valence-corrected chi connectivity index (χ2v) is 5.85. The van der Waals surface area contributed by atoms with Crippen LogP contribution >= 0.6 is 0 Å². The van der Waals surface area contributed by atoms with Gasteiger partial charge in [-0.05, 0) is 25.2 Å². The molecule has 0 bridgehead atoms. The first-order chi connectivity index (χ1) is 12.4. The first-order valence-corrected chi connectivity index (χ1v) is 8.11. The van der Waals surface area contributed by atoms with Gasteiger partial charge in [0.1, 0.15) is 12.4 Å². The first kappa shape index (κ1) is 20.2. The van der Waals surface area contributed by atoms with Crippen molar-refractivity contribution in [3.05, 3.63) is 35.5 Å². The van der Waals surface area contributed by atoms with Gasteiger partial charge in [-0.1, -0.05) is 0 Å². The highest BCUT2D eigenvalue weighted by Gasteiger charge is 2.31. The van der Waals surface area contributed by atoms with Gasteiger partial charge in [0.2, 0.25) is 0 Å². The fourth-order valence-corrected chi connectivity index (χ4v) is 2.52. The Bertz CT molecular complexity index is 704. The Kier molecular flexibility index (Phi) is 7.01. The number of hydrogen-bond donors (Lipinski definition) is 2. The van der Waals surface area contributed by atoms with Gasteiger partial charge in [0.05, 0.1) is 24.1 Å². The number of aromatic amines is 1. The monoisotopic (exact) mass is 372 g/mol. The highest BCUT2D eigenvalue weighted by Crippen LogP contribution is 2.37. The zero-order chi connectivity index (χ0) is 19.2. The van der Waals surface area contributed by atoms with Crippen LogP contribution in [0.15, 0.2) is 24.4 Å². The van der Waals surface area contributed by atoms with E-state index in [1.165, 1.54) is 13.2 Å². The van der Waals surface area contributed by atoms with E-state index in [9.17, 15) is 13.2 Å². The van der Waals surface area contributed by atoms with Gasteiger partial charge in [-0.25, -0.2) is 0 Å². The quantitative estimate of drug-likeness (QED) is 0.662. The number of nitrogens with one attached hydrogen (secondary N) is 1. The zero-order valence-electron chi connectivity index (χ0n) is 14.8. The van der Waals surface area contributed by atoms with Gasteiger partial charge >= 0.3 is 6.18 Å². The number of alkyl halides is 3. The maximum absolute atomic E-state index is 13.2. The van der Waals surface area contributed by atoms with Gasteiger partial charge < -0.3 is 20.1 Å². The van der Waals surface area contributed by atoms with Crippen LogP contribution in [-0.4, -0.2) is 55.6 Å². The Hall–Kier alpha value is -2.10. The third kappa shape index (κ3) is 5.20.